The maximum atomic E-state index is 9.99. The molecule has 0 radical (unpaired) electrons. The van der Waals surface area contributed by atoms with Crippen LogP contribution >= 0.6 is 11.6 Å². The first kappa shape index (κ1) is 18.6. The van der Waals surface area contributed by atoms with Gasteiger partial charge < -0.3 is 15.2 Å². The molecule has 130 valence electrons. The van der Waals surface area contributed by atoms with Gasteiger partial charge in [-0.3, -0.25) is 0 Å². The van der Waals surface area contributed by atoms with E-state index in [4.69, 9.17) is 16.3 Å². The molecule has 0 saturated heterocycles. The van der Waals surface area contributed by atoms with Crippen molar-refractivity contribution >= 4 is 11.6 Å². The second-order valence-electron chi connectivity index (χ2n) is 7.62. The van der Waals surface area contributed by atoms with Crippen LogP contribution in [0.1, 0.15) is 64.4 Å². The molecule has 0 bridgehead atoms. The summed E-state index contributed by atoms with van der Waals surface area (Å²) in [6, 6.07) is 6.10. The normalized spacial score (nSPS) is 18.0. The third-order valence-corrected chi connectivity index (χ3v) is 4.63. The van der Waals surface area contributed by atoms with Crippen molar-refractivity contribution in [2.24, 2.45) is 0 Å². The Morgan fingerprint density at radius 3 is 2.57 bits per heavy atom. The molecule has 0 spiro atoms. The number of nitrogens with one attached hydrogen (secondary N) is 1. The van der Waals surface area contributed by atoms with E-state index in [0.717, 1.165) is 0 Å². The average Bonchev–Trinajstić information content (AvgIpc) is 2.52. The highest BCUT2D eigenvalue weighted by Crippen LogP contribution is 2.36. The van der Waals surface area contributed by atoms with Gasteiger partial charge in [0.15, 0.2) is 0 Å². The molecule has 1 aliphatic rings. The fraction of sp³-hybridized carbons (Fsp3) is 0.684. The Bertz CT molecular complexity index is 493. The van der Waals surface area contributed by atoms with Crippen LogP contribution in [0.2, 0.25) is 5.02 Å². The van der Waals surface area contributed by atoms with E-state index in [9.17, 15) is 5.11 Å². The van der Waals surface area contributed by atoms with Crippen LogP contribution in [0.3, 0.4) is 0 Å². The molecule has 0 heterocycles. The standard InChI is InChI=1S/C19H30ClNO2/c1-19(2,3)21-12-16(22)13-23-18-10-9-15(11-17(18)20)14-7-5-4-6-8-14/h9-11,14,16,21-22H,4-8,12-13H2,1-3H3/t16-/m0/s1. The fourth-order valence-electron chi connectivity index (χ4n) is 2.99. The lowest BCUT2D eigenvalue weighted by atomic mass is 9.84. The Morgan fingerprint density at radius 2 is 1.96 bits per heavy atom. The molecule has 1 aromatic carbocycles. The molecule has 1 aliphatic carbocycles. The second kappa shape index (κ2) is 8.36. The molecular weight excluding hydrogens is 310 g/mol. The molecule has 0 aliphatic heterocycles. The van der Waals surface area contributed by atoms with Crippen LogP contribution in [0.4, 0.5) is 0 Å². The predicted molar refractivity (Wildman–Crippen MR) is 96.5 cm³/mol. The van der Waals surface area contributed by atoms with Gasteiger partial charge in [-0.15, -0.1) is 0 Å². The molecule has 0 aromatic heterocycles. The molecule has 23 heavy (non-hydrogen) atoms. The van der Waals surface area contributed by atoms with Gasteiger partial charge in [-0.05, 0) is 57.2 Å². The summed E-state index contributed by atoms with van der Waals surface area (Å²) in [5.41, 5.74) is 1.30. The lowest BCUT2D eigenvalue weighted by Crippen LogP contribution is -2.42. The maximum absolute atomic E-state index is 9.99. The average molecular weight is 340 g/mol. The van der Waals surface area contributed by atoms with Gasteiger partial charge in [0.05, 0.1) is 5.02 Å². The summed E-state index contributed by atoms with van der Waals surface area (Å²) >= 11 is 6.36. The van der Waals surface area contributed by atoms with Gasteiger partial charge in [0.2, 0.25) is 0 Å². The molecule has 2 N–H and O–H groups in total. The number of benzene rings is 1. The minimum Gasteiger partial charge on any atom is -0.489 e. The van der Waals surface area contributed by atoms with Crippen molar-refractivity contribution in [3.05, 3.63) is 28.8 Å². The molecule has 1 atom stereocenters. The van der Waals surface area contributed by atoms with Crippen LogP contribution in [-0.2, 0) is 0 Å². The van der Waals surface area contributed by atoms with E-state index in [2.05, 4.69) is 32.2 Å². The minimum atomic E-state index is -0.552. The van der Waals surface area contributed by atoms with E-state index < -0.39 is 6.10 Å². The van der Waals surface area contributed by atoms with Crippen molar-refractivity contribution in [3.8, 4) is 5.75 Å². The highest BCUT2D eigenvalue weighted by molar-refractivity contribution is 6.32. The van der Waals surface area contributed by atoms with Crippen LogP contribution in [0.15, 0.2) is 18.2 Å². The Labute approximate surface area is 145 Å². The minimum absolute atomic E-state index is 0.0136. The van der Waals surface area contributed by atoms with Gasteiger partial charge in [-0.2, -0.15) is 0 Å². The highest BCUT2D eigenvalue weighted by atomic mass is 35.5. The summed E-state index contributed by atoms with van der Waals surface area (Å²) in [7, 11) is 0. The SMILES string of the molecule is CC(C)(C)NC[C@H](O)COc1ccc(C2CCCCC2)cc1Cl. The maximum Gasteiger partial charge on any atom is 0.138 e. The van der Waals surface area contributed by atoms with E-state index in [1.165, 1.54) is 37.7 Å². The zero-order chi connectivity index (χ0) is 16.9. The Hall–Kier alpha value is -0.770. The Balaban J connectivity index is 1.85. The van der Waals surface area contributed by atoms with E-state index in [1.54, 1.807) is 0 Å². The van der Waals surface area contributed by atoms with Crippen molar-refractivity contribution in [1.82, 2.24) is 5.32 Å². The van der Waals surface area contributed by atoms with Gasteiger partial charge in [-0.1, -0.05) is 36.9 Å². The summed E-state index contributed by atoms with van der Waals surface area (Å²) in [5, 5.41) is 13.9. The van der Waals surface area contributed by atoms with E-state index in [-0.39, 0.29) is 12.1 Å². The van der Waals surface area contributed by atoms with Crippen molar-refractivity contribution < 1.29 is 9.84 Å². The molecule has 2 rings (SSSR count). The zero-order valence-electron chi connectivity index (χ0n) is 14.6. The molecule has 1 aromatic rings. The number of β-amino-alcohol motifs (C(OH)–C–C–N with tert-alkyl or cyclic N) is 1. The quantitative estimate of drug-likeness (QED) is 0.800. The lowest BCUT2D eigenvalue weighted by molar-refractivity contribution is 0.100. The van der Waals surface area contributed by atoms with Crippen LogP contribution in [-0.4, -0.2) is 29.9 Å². The van der Waals surface area contributed by atoms with Gasteiger partial charge in [0.25, 0.3) is 0 Å². The van der Waals surface area contributed by atoms with Gasteiger partial charge in [0, 0.05) is 12.1 Å². The van der Waals surface area contributed by atoms with Crippen molar-refractivity contribution in [1.29, 1.82) is 0 Å². The van der Waals surface area contributed by atoms with Gasteiger partial charge in [-0.25, -0.2) is 0 Å². The first-order chi connectivity index (χ1) is 10.8. The lowest BCUT2D eigenvalue weighted by Gasteiger charge is -2.24. The molecule has 1 fully saturated rings. The van der Waals surface area contributed by atoms with Gasteiger partial charge >= 0.3 is 0 Å². The summed E-state index contributed by atoms with van der Waals surface area (Å²) in [5.74, 6) is 1.29. The molecule has 0 unspecified atom stereocenters. The highest BCUT2D eigenvalue weighted by Gasteiger charge is 2.17. The smallest absolute Gasteiger partial charge is 0.138 e. The zero-order valence-corrected chi connectivity index (χ0v) is 15.3. The molecular formula is C19H30ClNO2. The summed E-state index contributed by atoms with van der Waals surface area (Å²) in [6.45, 7) is 6.96. The van der Waals surface area contributed by atoms with E-state index >= 15 is 0 Å². The number of hydrogen-bond acceptors (Lipinski definition) is 3. The number of halogens is 1. The van der Waals surface area contributed by atoms with Crippen molar-refractivity contribution in [2.75, 3.05) is 13.2 Å². The molecule has 0 amide bonds. The fourth-order valence-corrected chi connectivity index (χ4v) is 3.24. The largest absolute Gasteiger partial charge is 0.489 e. The number of aliphatic hydroxyl groups excluding tert-OH is 1. The topological polar surface area (TPSA) is 41.5 Å². The van der Waals surface area contributed by atoms with Gasteiger partial charge in [0.1, 0.15) is 18.5 Å². The third-order valence-electron chi connectivity index (χ3n) is 4.33. The van der Waals surface area contributed by atoms with E-state index in [1.807, 2.05) is 12.1 Å². The number of ether oxygens (including phenoxy) is 1. The predicted octanol–water partition coefficient (Wildman–Crippen LogP) is 4.52. The summed E-state index contributed by atoms with van der Waals surface area (Å²) < 4.78 is 5.68. The monoisotopic (exact) mass is 339 g/mol. The Kier molecular flexibility index (Phi) is 6.75. The Morgan fingerprint density at radius 1 is 1.26 bits per heavy atom. The first-order valence-corrected chi connectivity index (χ1v) is 9.08. The second-order valence-corrected chi connectivity index (χ2v) is 8.03. The van der Waals surface area contributed by atoms with Crippen LogP contribution < -0.4 is 10.1 Å². The van der Waals surface area contributed by atoms with Crippen molar-refractivity contribution in [2.45, 2.75) is 70.4 Å². The first-order valence-electron chi connectivity index (χ1n) is 8.70. The summed E-state index contributed by atoms with van der Waals surface area (Å²) in [4.78, 5) is 0. The van der Waals surface area contributed by atoms with Crippen LogP contribution in [0, 0.1) is 0 Å². The van der Waals surface area contributed by atoms with Crippen molar-refractivity contribution in [3.63, 3.8) is 0 Å². The third kappa shape index (κ3) is 6.33. The number of rotatable bonds is 6. The molecule has 4 heteroatoms. The van der Waals surface area contributed by atoms with Crippen LogP contribution in [0.25, 0.3) is 0 Å². The number of hydrogen-bond donors (Lipinski definition) is 2. The van der Waals surface area contributed by atoms with E-state index in [0.29, 0.717) is 23.2 Å². The molecule has 3 nitrogen and oxygen atoms in total. The van der Waals surface area contributed by atoms with Crippen LogP contribution in [0.5, 0.6) is 5.75 Å². The molecule has 1 saturated carbocycles. The number of aliphatic hydroxyl groups is 1. The summed E-state index contributed by atoms with van der Waals surface area (Å²) in [6.07, 6.45) is 5.94.